The maximum absolute atomic E-state index is 11.8. The summed E-state index contributed by atoms with van der Waals surface area (Å²) in [6, 6.07) is 5.87. The SMILES string of the molecule is Cc1ccc(NC(=O)CN2CSCC2=O)c(C)c1. The summed E-state index contributed by atoms with van der Waals surface area (Å²) in [5.74, 6) is 0.990. The van der Waals surface area contributed by atoms with Crippen LogP contribution in [0.4, 0.5) is 5.69 Å². The first-order chi connectivity index (χ1) is 8.56. The van der Waals surface area contributed by atoms with E-state index in [9.17, 15) is 9.59 Å². The first-order valence-corrected chi connectivity index (χ1v) is 6.94. The third kappa shape index (κ3) is 3.04. The Morgan fingerprint density at radius 3 is 2.83 bits per heavy atom. The highest BCUT2D eigenvalue weighted by molar-refractivity contribution is 8.00. The number of benzene rings is 1. The van der Waals surface area contributed by atoms with Crippen molar-refractivity contribution in [2.24, 2.45) is 0 Å². The number of aryl methyl sites for hydroxylation is 2. The predicted octanol–water partition coefficient (Wildman–Crippen LogP) is 1.77. The fourth-order valence-corrected chi connectivity index (χ4v) is 2.76. The highest BCUT2D eigenvalue weighted by atomic mass is 32.2. The van der Waals surface area contributed by atoms with Gasteiger partial charge in [-0.15, -0.1) is 11.8 Å². The summed E-state index contributed by atoms with van der Waals surface area (Å²) in [7, 11) is 0. The van der Waals surface area contributed by atoms with Crippen molar-refractivity contribution in [3.63, 3.8) is 0 Å². The molecule has 96 valence electrons. The van der Waals surface area contributed by atoms with Gasteiger partial charge < -0.3 is 10.2 Å². The molecule has 1 N–H and O–H groups in total. The molecule has 1 aromatic carbocycles. The average Bonchev–Trinajstić information content (AvgIpc) is 2.69. The molecule has 1 aromatic rings. The minimum atomic E-state index is -0.141. The molecule has 0 radical (unpaired) electrons. The van der Waals surface area contributed by atoms with Crippen molar-refractivity contribution in [1.29, 1.82) is 0 Å². The van der Waals surface area contributed by atoms with Gasteiger partial charge in [0.1, 0.15) is 6.54 Å². The fraction of sp³-hybridized carbons (Fsp3) is 0.385. The van der Waals surface area contributed by atoms with E-state index in [1.54, 1.807) is 16.7 Å². The van der Waals surface area contributed by atoms with E-state index in [4.69, 9.17) is 0 Å². The summed E-state index contributed by atoms with van der Waals surface area (Å²) in [6.07, 6.45) is 0. The molecule has 0 spiro atoms. The molecule has 0 unspecified atom stereocenters. The van der Waals surface area contributed by atoms with Gasteiger partial charge in [-0.3, -0.25) is 9.59 Å². The second kappa shape index (κ2) is 5.44. The molecule has 2 amide bonds. The maximum Gasteiger partial charge on any atom is 0.244 e. The molecule has 1 heterocycles. The number of amides is 2. The summed E-state index contributed by atoms with van der Waals surface area (Å²) in [4.78, 5) is 24.8. The Kier molecular flexibility index (Phi) is 3.91. The third-order valence-corrected chi connectivity index (χ3v) is 3.76. The second-order valence-electron chi connectivity index (χ2n) is 4.44. The zero-order valence-electron chi connectivity index (χ0n) is 10.5. The molecule has 0 aromatic heterocycles. The van der Waals surface area contributed by atoms with Crippen molar-refractivity contribution in [2.75, 3.05) is 23.5 Å². The summed E-state index contributed by atoms with van der Waals surface area (Å²) < 4.78 is 0. The van der Waals surface area contributed by atoms with Crippen LogP contribution in [0.5, 0.6) is 0 Å². The first-order valence-electron chi connectivity index (χ1n) is 5.79. The monoisotopic (exact) mass is 264 g/mol. The predicted molar refractivity (Wildman–Crippen MR) is 73.6 cm³/mol. The van der Waals surface area contributed by atoms with Crippen molar-refractivity contribution in [3.05, 3.63) is 29.3 Å². The Balaban J connectivity index is 1.96. The van der Waals surface area contributed by atoms with Crippen LogP contribution in [0.15, 0.2) is 18.2 Å². The lowest BCUT2D eigenvalue weighted by Crippen LogP contribution is -2.34. The summed E-state index contributed by atoms with van der Waals surface area (Å²) >= 11 is 1.54. The van der Waals surface area contributed by atoms with E-state index in [0.717, 1.165) is 16.8 Å². The Labute approximate surface area is 111 Å². The Morgan fingerprint density at radius 2 is 2.22 bits per heavy atom. The molecular weight excluding hydrogens is 248 g/mol. The quantitative estimate of drug-likeness (QED) is 0.905. The molecule has 2 rings (SSSR count). The Bertz CT molecular complexity index is 488. The van der Waals surface area contributed by atoms with Crippen LogP contribution in [0.3, 0.4) is 0 Å². The minimum Gasteiger partial charge on any atom is -0.324 e. The van der Waals surface area contributed by atoms with Crippen molar-refractivity contribution >= 4 is 29.3 Å². The Morgan fingerprint density at radius 1 is 1.44 bits per heavy atom. The van der Waals surface area contributed by atoms with Crippen molar-refractivity contribution in [3.8, 4) is 0 Å². The van der Waals surface area contributed by atoms with E-state index >= 15 is 0 Å². The van der Waals surface area contributed by atoms with Crippen LogP contribution in [0, 0.1) is 13.8 Å². The van der Waals surface area contributed by atoms with Gasteiger partial charge in [0.2, 0.25) is 11.8 Å². The number of anilines is 1. The Hall–Kier alpha value is -1.49. The fourth-order valence-electron chi connectivity index (χ4n) is 1.86. The maximum atomic E-state index is 11.8. The first kappa shape index (κ1) is 13.0. The normalized spacial score (nSPS) is 15.0. The number of carbonyl (C=O) groups excluding carboxylic acids is 2. The van der Waals surface area contributed by atoms with Gasteiger partial charge in [-0.1, -0.05) is 17.7 Å². The van der Waals surface area contributed by atoms with Crippen LogP contribution in [0.1, 0.15) is 11.1 Å². The highest BCUT2D eigenvalue weighted by Gasteiger charge is 2.22. The van der Waals surface area contributed by atoms with Crippen LogP contribution >= 0.6 is 11.8 Å². The molecule has 0 atom stereocenters. The minimum absolute atomic E-state index is 0.0378. The molecule has 5 heteroatoms. The summed E-state index contributed by atoms with van der Waals surface area (Å²) in [5.41, 5.74) is 3.01. The zero-order valence-corrected chi connectivity index (χ0v) is 11.3. The number of thioether (sulfide) groups is 1. The standard InChI is InChI=1S/C13H16N2O2S/c1-9-3-4-11(10(2)5-9)14-12(16)6-15-8-18-7-13(15)17/h3-5H,6-8H2,1-2H3,(H,14,16). The number of hydrogen-bond acceptors (Lipinski definition) is 3. The number of nitrogens with zero attached hydrogens (tertiary/aromatic N) is 1. The van der Waals surface area contributed by atoms with Crippen molar-refractivity contribution in [1.82, 2.24) is 4.90 Å². The second-order valence-corrected chi connectivity index (χ2v) is 5.39. The number of hydrogen-bond donors (Lipinski definition) is 1. The molecule has 0 aliphatic carbocycles. The van der Waals surface area contributed by atoms with Gasteiger partial charge in [0, 0.05) is 5.69 Å². The van der Waals surface area contributed by atoms with Crippen LogP contribution in [0.2, 0.25) is 0 Å². The van der Waals surface area contributed by atoms with Gasteiger partial charge in [-0.2, -0.15) is 0 Å². The highest BCUT2D eigenvalue weighted by Crippen LogP contribution is 2.17. The number of carbonyl (C=O) groups is 2. The van der Waals surface area contributed by atoms with E-state index in [1.807, 2.05) is 32.0 Å². The molecule has 1 saturated heterocycles. The zero-order chi connectivity index (χ0) is 13.1. The molecular formula is C13H16N2O2S. The van der Waals surface area contributed by atoms with Crippen molar-refractivity contribution < 1.29 is 9.59 Å². The van der Waals surface area contributed by atoms with Crippen LogP contribution in [0.25, 0.3) is 0 Å². The van der Waals surface area contributed by atoms with Crippen LogP contribution < -0.4 is 5.32 Å². The third-order valence-electron chi connectivity index (χ3n) is 2.82. The van der Waals surface area contributed by atoms with Crippen LogP contribution in [-0.4, -0.2) is 34.9 Å². The largest absolute Gasteiger partial charge is 0.324 e. The van der Waals surface area contributed by atoms with E-state index in [0.29, 0.717) is 11.6 Å². The molecule has 1 fully saturated rings. The summed E-state index contributed by atoms with van der Waals surface area (Å²) in [6.45, 7) is 4.11. The van der Waals surface area contributed by atoms with Crippen LogP contribution in [-0.2, 0) is 9.59 Å². The lowest BCUT2D eigenvalue weighted by Gasteiger charge is -2.15. The van der Waals surface area contributed by atoms with Gasteiger partial charge in [-0.25, -0.2) is 0 Å². The van der Waals surface area contributed by atoms with E-state index in [1.165, 1.54) is 0 Å². The molecule has 1 aliphatic rings. The van der Waals surface area contributed by atoms with Gasteiger partial charge >= 0.3 is 0 Å². The molecule has 4 nitrogen and oxygen atoms in total. The lowest BCUT2D eigenvalue weighted by atomic mass is 10.1. The number of rotatable bonds is 3. The summed E-state index contributed by atoms with van der Waals surface area (Å²) in [5, 5.41) is 2.84. The molecule has 18 heavy (non-hydrogen) atoms. The lowest BCUT2D eigenvalue weighted by molar-refractivity contribution is -0.130. The topological polar surface area (TPSA) is 49.4 Å². The van der Waals surface area contributed by atoms with Gasteiger partial charge in [0.25, 0.3) is 0 Å². The molecule has 0 bridgehead atoms. The average molecular weight is 264 g/mol. The van der Waals surface area contributed by atoms with Gasteiger partial charge in [0.15, 0.2) is 0 Å². The van der Waals surface area contributed by atoms with E-state index in [-0.39, 0.29) is 18.4 Å². The molecule has 0 saturated carbocycles. The smallest absolute Gasteiger partial charge is 0.244 e. The number of nitrogens with one attached hydrogen (secondary N) is 1. The van der Waals surface area contributed by atoms with Gasteiger partial charge in [-0.05, 0) is 25.5 Å². The van der Waals surface area contributed by atoms with Gasteiger partial charge in [0.05, 0.1) is 11.6 Å². The van der Waals surface area contributed by atoms with E-state index < -0.39 is 0 Å². The van der Waals surface area contributed by atoms with E-state index in [2.05, 4.69) is 5.32 Å². The van der Waals surface area contributed by atoms with Crippen molar-refractivity contribution in [2.45, 2.75) is 13.8 Å². The molecule has 1 aliphatic heterocycles.